The van der Waals surface area contributed by atoms with Gasteiger partial charge in [-0.25, -0.2) is 4.79 Å². The molecule has 30 nitrogen and oxygen atoms in total. The van der Waals surface area contributed by atoms with Gasteiger partial charge < -0.3 is 91.6 Å². The predicted molar refractivity (Wildman–Crippen MR) is 308 cm³/mol. The Morgan fingerprint density at radius 1 is 0.494 bits per heavy atom. The number of carbonyl (C=O) groups is 12. The molecule has 0 aromatic heterocycles. The third-order valence-corrected chi connectivity index (χ3v) is 13.0. The van der Waals surface area contributed by atoms with E-state index in [1.807, 2.05) is 0 Å². The predicted octanol–water partition coefficient (Wildman–Crippen LogP) is -3.04. The number of carboxylic acids is 3. The molecule has 0 fully saturated rings. The lowest BCUT2D eigenvalue weighted by Crippen LogP contribution is -2.61. The summed E-state index contributed by atoms with van der Waals surface area (Å²) in [4.78, 5) is 164. The number of nitrogens with zero attached hydrogens (tertiary/aromatic N) is 1. The summed E-state index contributed by atoms with van der Waals surface area (Å²) in [5.74, 6) is -14.4. The highest BCUT2D eigenvalue weighted by Crippen LogP contribution is 2.15. The molecule has 9 atom stereocenters. The number of unbranched alkanes of at least 4 members (excludes halogenated alkanes) is 1. The minimum Gasteiger partial charge on any atom is -0.508 e. The summed E-state index contributed by atoms with van der Waals surface area (Å²) in [6, 6.07) is -0.0893. The van der Waals surface area contributed by atoms with Gasteiger partial charge in [0.2, 0.25) is 53.2 Å². The van der Waals surface area contributed by atoms with Crippen molar-refractivity contribution >= 4 is 77.0 Å². The number of nitrogens with two attached hydrogens (primary N) is 5. The molecule has 0 aliphatic rings. The summed E-state index contributed by atoms with van der Waals surface area (Å²) in [7, 11) is 0. The van der Waals surface area contributed by atoms with Crippen LogP contribution in [-0.2, 0) is 70.4 Å². The van der Waals surface area contributed by atoms with E-state index in [-0.39, 0.29) is 82.1 Å². The normalized spacial score (nSPS) is 14.2. The summed E-state index contributed by atoms with van der Waals surface area (Å²) in [6.45, 7) is 6.58. The number of rotatable bonds is 40. The fourth-order valence-corrected chi connectivity index (χ4v) is 8.40. The van der Waals surface area contributed by atoms with Crippen molar-refractivity contribution in [2.75, 3.05) is 13.1 Å². The van der Waals surface area contributed by atoms with Crippen LogP contribution in [0.5, 0.6) is 5.75 Å². The summed E-state index contributed by atoms with van der Waals surface area (Å²) in [5, 5.41) is 59.1. The van der Waals surface area contributed by atoms with Crippen LogP contribution in [0.4, 0.5) is 0 Å². The van der Waals surface area contributed by atoms with Gasteiger partial charge in [-0.3, -0.25) is 57.7 Å². The van der Waals surface area contributed by atoms with Crippen LogP contribution in [0, 0.1) is 11.8 Å². The van der Waals surface area contributed by atoms with Gasteiger partial charge in [0.25, 0.3) is 0 Å². The van der Waals surface area contributed by atoms with Crippen molar-refractivity contribution in [3.8, 4) is 5.75 Å². The number of amides is 9. The molecule has 0 spiro atoms. The first-order valence-corrected chi connectivity index (χ1v) is 27.7. The van der Waals surface area contributed by atoms with Crippen molar-refractivity contribution in [3.05, 3.63) is 65.7 Å². The highest BCUT2D eigenvalue weighted by molar-refractivity contribution is 5.99. The van der Waals surface area contributed by atoms with Crippen LogP contribution in [0.3, 0.4) is 0 Å². The first-order chi connectivity index (χ1) is 40.0. The lowest BCUT2D eigenvalue weighted by molar-refractivity contribution is -0.144. The Morgan fingerprint density at radius 2 is 0.941 bits per heavy atom. The largest absolute Gasteiger partial charge is 0.508 e. The fraction of sp³-hybridized carbons (Fsp3) is 0.545. The van der Waals surface area contributed by atoms with Gasteiger partial charge in [-0.15, -0.1) is 0 Å². The summed E-state index contributed by atoms with van der Waals surface area (Å²) in [6.07, 6.45) is -2.63. The van der Waals surface area contributed by atoms with Gasteiger partial charge in [0.1, 0.15) is 54.1 Å². The highest BCUT2D eigenvalue weighted by Gasteiger charge is 2.36. The molecule has 0 unspecified atom stereocenters. The maximum absolute atomic E-state index is 14.7. The molecule has 2 rings (SSSR count). The zero-order valence-electron chi connectivity index (χ0n) is 48.2. The number of nitrogens with one attached hydrogen (secondary N) is 8. The average Bonchev–Trinajstić information content (AvgIpc) is 3.57. The molecule has 0 aliphatic heterocycles. The molecule has 0 saturated carbocycles. The minimum absolute atomic E-state index is 0.00231. The van der Waals surface area contributed by atoms with E-state index in [2.05, 4.69) is 47.5 Å². The van der Waals surface area contributed by atoms with Crippen molar-refractivity contribution in [1.29, 1.82) is 0 Å². The molecule has 2 aromatic rings. The quantitative estimate of drug-likeness (QED) is 0.0179. The number of phenolic OH excluding ortho intramolecular Hbond substituents is 1. The zero-order valence-corrected chi connectivity index (χ0v) is 48.2. The Balaban J connectivity index is 2.64. The molecule has 0 saturated heterocycles. The van der Waals surface area contributed by atoms with E-state index in [9.17, 15) is 78.0 Å². The van der Waals surface area contributed by atoms with Crippen LogP contribution in [-0.4, -0.2) is 165 Å². The van der Waals surface area contributed by atoms with Gasteiger partial charge in [-0.2, -0.15) is 0 Å². The number of carboxylic acid groups (broad SMARTS) is 3. The number of hydrogen-bond donors (Lipinski definition) is 17. The van der Waals surface area contributed by atoms with Gasteiger partial charge in [-0.05, 0) is 93.0 Å². The van der Waals surface area contributed by atoms with Gasteiger partial charge >= 0.3 is 17.9 Å². The molecule has 30 heteroatoms. The smallest absolute Gasteiger partial charge is 0.326 e. The Labute approximate surface area is 491 Å². The van der Waals surface area contributed by atoms with Gasteiger partial charge in [0.05, 0.1) is 12.5 Å². The van der Waals surface area contributed by atoms with Crippen molar-refractivity contribution in [2.24, 2.45) is 45.5 Å². The Morgan fingerprint density at radius 3 is 1.41 bits per heavy atom. The molecule has 470 valence electrons. The van der Waals surface area contributed by atoms with Crippen molar-refractivity contribution < 1.29 is 78.0 Å². The lowest BCUT2D eigenvalue weighted by Gasteiger charge is -2.29. The molecule has 0 radical (unpaired) electrons. The van der Waals surface area contributed by atoms with Gasteiger partial charge in [-0.1, -0.05) is 70.2 Å². The van der Waals surface area contributed by atoms with Gasteiger partial charge in [0, 0.05) is 32.2 Å². The molecule has 9 amide bonds. The Hall–Kier alpha value is -8.93. The SMILES string of the molecule is CC(C)C[C@H](NC(=O)[C@H](CCC(=O)O)NC(=O)[C@H](CCCCN)NC(=O)[C@@H](N)CCC(N)=O)C(=O)N[C@@H](CCCN=C(N)N)C(=O)N[C@@H](Cc1ccc(O)cc1)C(=O)N[C@@H](Cc1ccccc1)C(=O)N[C@@H](CC(=O)O)C(=O)N[C@H](C(=O)O)C(C)C. The maximum atomic E-state index is 14.7. The second-order valence-electron chi connectivity index (χ2n) is 21.1. The lowest BCUT2D eigenvalue weighted by atomic mass is 10.00. The van der Waals surface area contributed by atoms with Gasteiger partial charge in [0.15, 0.2) is 5.96 Å². The molecule has 0 heterocycles. The Kier molecular flexibility index (Phi) is 31.7. The van der Waals surface area contributed by atoms with Crippen molar-refractivity contribution in [2.45, 2.75) is 166 Å². The first kappa shape index (κ1) is 72.2. The van der Waals surface area contributed by atoms with E-state index in [0.29, 0.717) is 24.0 Å². The van der Waals surface area contributed by atoms with Crippen LogP contribution in [0.15, 0.2) is 59.6 Å². The average molecular weight is 1200 g/mol. The fourth-order valence-electron chi connectivity index (χ4n) is 8.40. The van der Waals surface area contributed by atoms with Crippen LogP contribution in [0.1, 0.15) is 109 Å². The van der Waals surface area contributed by atoms with Crippen LogP contribution in [0.2, 0.25) is 0 Å². The number of aliphatic imine (C=N–C) groups is 1. The van der Waals surface area contributed by atoms with Crippen LogP contribution >= 0.6 is 0 Å². The second-order valence-corrected chi connectivity index (χ2v) is 21.1. The van der Waals surface area contributed by atoms with Crippen molar-refractivity contribution in [3.63, 3.8) is 0 Å². The number of aliphatic carboxylic acids is 3. The number of carbonyl (C=O) groups excluding carboxylic acids is 9. The third-order valence-electron chi connectivity index (χ3n) is 13.0. The monoisotopic (exact) mass is 1200 g/mol. The van der Waals surface area contributed by atoms with Crippen LogP contribution < -0.4 is 71.2 Å². The minimum atomic E-state index is -1.84. The van der Waals surface area contributed by atoms with E-state index in [4.69, 9.17) is 28.7 Å². The Bertz CT molecular complexity index is 2620. The van der Waals surface area contributed by atoms with E-state index in [0.717, 1.165) is 0 Å². The van der Waals surface area contributed by atoms with E-state index in [1.54, 1.807) is 44.2 Å². The third kappa shape index (κ3) is 28.3. The molecule has 22 N–H and O–H groups in total. The van der Waals surface area contributed by atoms with E-state index >= 15 is 0 Å². The molecular formula is C55H84N14O16. The molecular weight excluding hydrogens is 1110 g/mol. The number of guanidine groups is 1. The molecule has 2 aromatic carbocycles. The van der Waals surface area contributed by atoms with Crippen LogP contribution in [0.25, 0.3) is 0 Å². The highest BCUT2D eigenvalue weighted by atomic mass is 16.4. The number of phenols is 1. The molecule has 0 bridgehead atoms. The standard InChI is InChI=1S/C55H84N14O16/c1-29(2)25-38(65-49(79)37(20-22-43(72)73)64-47(77)35(13-8-9-23-56)62-46(76)34(57)19-21-42(58)71)50(80)63-36(14-10-24-61-55(59)60)48(78)66-40(27-32-15-17-33(70)18-16-32)51(81)67-39(26-31-11-6-5-7-12-31)52(82)68-41(28-44(74)75)53(83)69-45(30(3)4)54(84)85/h5-7,11-12,15-18,29-30,34-41,45,70H,8-10,13-14,19-28,56-57H2,1-4H3,(H2,58,71)(H,62,76)(H,63,80)(H,64,77)(H,65,79)(H,66,78)(H,67,81)(H,68,82)(H,69,83)(H,72,73)(H,74,75)(H,84,85)(H4,59,60,61)/t34-,35-,36-,37-,38-,39-,40-,41-,45-/m0/s1. The first-order valence-electron chi connectivity index (χ1n) is 27.7. The summed E-state index contributed by atoms with van der Waals surface area (Å²) >= 11 is 0. The van der Waals surface area contributed by atoms with E-state index in [1.165, 1.54) is 38.1 Å². The number of primary amides is 1. The second kappa shape index (κ2) is 37.3. The summed E-state index contributed by atoms with van der Waals surface area (Å²) in [5.41, 5.74) is 28.7. The number of aromatic hydroxyl groups is 1. The molecule has 0 aliphatic carbocycles. The number of benzene rings is 2. The maximum Gasteiger partial charge on any atom is 0.326 e. The summed E-state index contributed by atoms with van der Waals surface area (Å²) < 4.78 is 0. The van der Waals surface area contributed by atoms with Crippen molar-refractivity contribution in [1.82, 2.24) is 42.5 Å². The van der Waals surface area contributed by atoms with E-state index < -0.39 is 151 Å². The zero-order chi connectivity index (χ0) is 63.9. The topological polar surface area (TPSA) is 524 Å². The molecule has 85 heavy (non-hydrogen) atoms. The number of hydrogen-bond acceptors (Lipinski definition) is 16.